The number of aliphatic imine (C=N–C) groups is 1. The van der Waals surface area contributed by atoms with Crippen molar-refractivity contribution in [3.63, 3.8) is 0 Å². The lowest BCUT2D eigenvalue weighted by molar-refractivity contribution is 0.307. The lowest BCUT2D eigenvalue weighted by atomic mass is 9.95. The van der Waals surface area contributed by atoms with Gasteiger partial charge in [-0.05, 0) is 46.1 Å². The number of nitrogens with two attached hydrogens (primary N) is 1. The highest BCUT2D eigenvalue weighted by molar-refractivity contribution is 5.78. The van der Waals surface area contributed by atoms with E-state index in [9.17, 15) is 0 Å². The van der Waals surface area contributed by atoms with E-state index >= 15 is 0 Å². The highest BCUT2D eigenvalue weighted by Crippen LogP contribution is 2.32. The normalized spacial score (nSPS) is 19.6. The maximum absolute atomic E-state index is 6.05. The van der Waals surface area contributed by atoms with Gasteiger partial charge < -0.3 is 16.4 Å². The van der Waals surface area contributed by atoms with Gasteiger partial charge in [0.1, 0.15) is 0 Å². The molecule has 1 aliphatic carbocycles. The third kappa shape index (κ3) is 5.54. The summed E-state index contributed by atoms with van der Waals surface area (Å²) < 4.78 is 0. The third-order valence-corrected chi connectivity index (χ3v) is 4.44. The van der Waals surface area contributed by atoms with Crippen molar-refractivity contribution in [1.82, 2.24) is 10.6 Å². The van der Waals surface area contributed by atoms with Gasteiger partial charge in [-0.15, -0.1) is 0 Å². The number of benzene rings is 1. The minimum Gasteiger partial charge on any atom is -0.370 e. The molecule has 23 heavy (non-hydrogen) atoms. The van der Waals surface area contributed by atoms with Crippen LogP contribution in [0.25, 0.3) is 0 Å². The molecule has 0 radical (unpaired) electrons. The van der Waals surface area contributed by atoms with Gasteiger partial charge >= 0.3 is 0 Å². The van der Waals surface area contributed by atoms with Crippen molar-refractivity contribution >= 4 is 5.96 Å². The molecule has 0 heterocycles. The molecule has 1 aliphatic rings. The molecule has 1 saturated carbocycles. The molecule has 0 aliphatic heterocycles. The Labute approximate surface area is 141 Å². The standard InChI is InChI=1S/C19H32N4/c1-15(16-10-6-5-7-11-16)22-19(12-8-9-13-19)14-21-17(20)23-18(2,3)4/h5-7,10-11,15,22H,8-9,12-14H2,1-4H3,(H3,20,21,23). The van der Waals surface area contributed by atoms with Crippen LogP contribution in [-0.4, -0.2) is 23.6 Å². The fraction of sp³-hybridized carbons (Fsp3) is 0.632. The fourth-order valence-corrected chi connectivity index (χ4v) is 3.34. The highest BCUT2D eigenvalue weighted by Gasteiger charge is 2.35. The van der Waals surface area contributed by atoms with Gasteiger partial charge in [-0.3, -0.25) is 4.99 Å². The van der Waals surface area contributed by atoms with Gasteiger partial charge in [0.2, 0.25) is 0 Å². The van der Waals surface area contributed by atoms with Crippen LogP contribution in [0.1, 0.15) is 65.0 Å². The minimum atomic E-state index is -0.0544. The van der Waals surface area contributed by atoms with Crippen molar-refractivity contribution in [3.05, 3.63) is 35.9 Å². The Kier molecular flexibility index (Phi) is 5.69. The lowest BCUT2D eigenvalue weighted by Gasteiger charge is -2.33. The molecule has 2 rings (SSSR count). The summed E-state index contributed by atoms with van der Waals surface area (Å²) in [5.41, 5.74) is 7.39. The van der Waals surface area contributed by atoms with E-state index in [1.165, 1.54) is 18.4 Å². The molecule has 1 aromatic rings. The van der Waals surface area contributed by atoms with E-state index in [0.717, 1.165) is 19.4 Å². The molecule has 1 atom stereocenters. The van der Waals surface area contributed by atoms with Crippen LogP contribution < -0.4 is 16.4 Å². The number of nitrogens with zero attached hydrogens (tertiary/aromatic N) is 1. The first-order chi connectivity index (χ1) is 10.8. The summed E-state index contributed by atoms with van der Waals surface area (Å²) >= 11 is 0. The monoisotopic (exact) mass is 316 g/mol. The van der Waals surface area contributed by atoms with Gasteiger partial charge in [0.25, 0.3) is 0 Å². The Morgan fingerprint density at radius 2 is 1.83 bits per heavy atom. The number of guanidine groups is 1. The molecular weight excluding hydrogens is 284 g/mol. The van der Waals surface area contributed by atoms with Crippen molar-refractivity contribution in [1.29, 1.82) is 0 Å². The first-order valence-electron chi connectivity index (χ1n) is 8.70. The van der Waals surface area contributed by atoms with Crippen LogP contribution in [0, 0.1) is 0 Å². The van der Waals surface area contributed by atoms with Crippen LogP contribution in [-0.2, 0) is 0 Å². The van der Waals surface area contributed by atoms with Gasteiger partial charge in [0, 0.05) is 17.1 Å². The quantitative estimate of drug-likeness (QED) is 0.576. The zero-order valence-corrected chi connectivity index (χ0v) is 15.0. The molecule has 0 amide bonds. The Bertz CT molecular complexity index is 510. The summed E-state index contributed by atoms with van der Waals surface area (Å²) in [6.45, 7) is 9.25. The molecular formula is C19H32N4. The van der Waals surface area contributed by atoms with Crippen molar-refractivity contribution < 1.29 is 0 Å². The first kappa shape index (κ1) is 17.8. The Hall–Kier alpha value is -1.55. The van der Waals surface area contributed by atoms with Gasteiger partial charge in [-0.1, -0.05) is 43.2 Å². The molecule has 4 heteroatoms. The summed E-state index contributed by atoms with van der Waals surface area (Å²) in [6, 6.07) is 10.9. The predicted molar refractivity (Wildman–Crippen MR) is 98.6 cm³/mol. The van der Waals surface area contributed by atoms with Crippen molar-refractivity contribution in [2.24, 2.45) is 10.7 Å². The zero-order chi connectivity index (χ0) is 16.9. The van der Waals surface area contributed by atoms with E-state index in [1.807, 2.05) is 0 Å². The highest BCUT2D eigenvalue weighted by atomic mass is 15.1. The largest absolute Gasteiger partial charge is 0.370 e. The molecule has 0 spiro atoms. The smallest absolute Gasteiger partial charge is 0.189 e. The first-order valence-corrected chi connectivity index (χ1v) is 8.70. The average Bonchev–Trinajstić information content (AvgIpc) is 2.93. The lowest BCUT2D eigenvalue weighted by Crippen LogP contribution is -2.49. The van der Waals surface area contributed by atoms with Crippen LogP contribution in [0.2, 0.25) is 0 Å². The molecule has 4 nitrogen and oxygen atoms in total. The summed E-state index contributed by atoms with van der Waals surface area (Å²) in [5.74, 6) is 0.540. The summed E-state index contributed by atoms with van der Waals surface area (Å²) in [7, 11) is 0. The van der Waals surface area contributed by atoms with E-state index in [4.69, 9.17) is 5.73 Å². The van der Waals surface area contributed by atoms with Gasteiger partial charge in [-0.25, -0.2) is 0 Å². The topological polar surface area (TPSA) is 62.4 Å². The Balaban J connectivity index is 2.03. The molecule has 1 unspecified atom stereocenters. The third-order valence-electron chi connectivity index (χ3n) is 4.44. The fourth-order valence-electron chi connectivity index (χ4n) is 3.34. The van der Waals surface area contributed by atoms with Crippen LogP contribution in [0.5, 0.6) is 0 Å². The maximum Gasteiger partial charge on any atom is 0.189 e. The Morgan fingerprint density at radius 3 is 2.39 bits per heavy atom. The molecule has 0 bridgehead atoms. The van der Waals surface area contributed by atoms with Crippen molar-refractivity contribution in [2.45, 2.75) is 70.5 Å². The molecule has 1 fully saturated rings. The zero-order valence-electron chi connectivity index (χ0n) is 15.0. The predicted octanol–water partition coefficient (Wildman–Crippen LogP) is 3.35. The maximum atomic E-state index is 6.05. The van der Waals surface area contributed by atoms with E-state index in [2.05, 4.69) is 73.7 Å². The van der Waals surface area contributed by atoms with Crippen molar-refractivity contribution in [2.75, 3.05) is 6.54 Å². The average molecular weight is 316 g/mol. The Morgan fingerprint density at radius 1 is 1.22 bits per heavy atom. The second-order valence-electron chi connectivity index (χ2n) is 7.84. The van der Waals surface area contributed by atoms with E-state index < -0.39 is 0 Å². The number of hydrogen-bond donors (Lipinski definition) is 3. The van der Waals surface area contributed by atoms with Gasteiger partial charge in [0.15, 0.2) is 5.96 Å². The number of nitrogens with one attached hydrogen (secondary N) is 2. The van der Waals surface area contributed by atoms with Crippen molar-refractivity contribution in [3.8, 4) is 0 Å². The van der Waals surface area contributed by atoms with Crippen LogP contribution in [0.15, 0.2) is 35.3 Å². The van der Waals surface area contributed by atoms with Gasteiger partial charge in [-0.2, -0.15) is 0 Å². The molecule has 1 aromatic carbocycles. The minimum absolute atomic E-state index is 0.0544. The van der Waals surface area contributed by atoms with Crippen LogP contribution in [0.3, 0.4) is 0 Å². The van der Waals surface area contributed by atoms with E-state index in [0.29, 0.717) is 12.0 Å². The number of hydrogen-bond acceptors (Lipinski definition) is 2. The van der Waals surface area contributed by atoms with Crippen LogP contribution in [0.4, 0.5) is 0 Å². The second-order valence-corrected chi connectivity index (χ2v) is 7.84. The summed E-state index contributed by atoms with van der Waals surface area (Å²) in [6.07, 6.45) is 4.85. The summed E-state index contributed by atoms with van der Waals surface area (Å²) in [5, 5.41) is 7.08. The second kappa shape index (κ2) is 7.35. The summed E-state index contributed by atoms with van der Waals surface area (Å²) in [4.78, 5) is 4.63. The number of rotatable bonds is 5. The molecule has 0 saturated heterocycles. The molecule has 4 N–H and O–H groups in total. The van der Waals surface area contributed by atoms with Crippen LogP contribution >= 0.6 is 0 Å². The molecule has 128 valence electrons. The van der Waals surface area contributed by atoms with E-state index in [-0.39, 0.29) is 11.1 Å². The SMILES string of the molecule is CC(NC1(CN=C(N)NC(C)(C)C)CCCC1)c1ccccc1. The van der Waals surface area contributed by atoms with Gasteiger partial charge in [0.05, 0.1) is 6.54 Å². The van der Waals surface area contributed by atoms with E-state index in [1.54, 1.807) is 0 Å². The molecule has 0 aromatic heterocycles.